The van der Waals surface area contributed by atoms with Crippen LogP contribution in [0.4, 0.5) is 24.7 Å². The third-order valence-electron chi connectivity index (χ3n) is 5.84. The maximum absolute atomic E-state index is 13.1. The summed E-state index contributed by atoms with van der Waals surface area (Å²) in [6, 6.07) is 3.32. The quantitative estimate of drug-likeness (QED) is 0.419. The Labute approximate surface area is 206 Å². The van der Waals surface area contributed by atoms with Gasteiger partial charge >= 0.3 is 6.18 Å². The van der Waals surface area contributed by atoms with Gasteiger partial charge in [-0.05, 0) is 35.4 Å². The van der Waals surface area contributed by atoms with Crippen molar-refractivity contribution in [3.05, 3.63) is 45.9 Å². The van der Waals surface area contributed by atoms with E-state index in [1.54, 1.807) is 4.90 Å². The zero-order chi connectivity index (χ0) is 25.8. The minimum absolute atomic E-state index is 0.00310. The molecule has 1 amide bonds. The van der Waals surface area contributed by atoms with Crippen molar-refractivity contribution >= 4 is 29.0 Å². The molecule has 3 heterocycles. The molecule has 0 unspecified atom stereocenters. The number of anilines is 2. The van der Waals surface area contributed by atoms with Crippen LogP contribution in [0.5, 0.6) is 0 Å². The number of carbonyl (C=O) groups is 1. The number of nitrogens with zero attached hydrogens (tertiary/aromatic N) is 3. The highest BCUT2D eigenvalue weighted by Crippen LogP contribution is 2.33. The number of fused-ring (bicyclic) bond motifs is 1. The van der Waals surface area contributed by atoms with Gasteiger partial charge in [0.15, 0.2) is 0 Å². The number of hydrogen-bond acceptors (Lipinski definition) is 7. The molecule has 192 valence electrons. The number of nitrogens with one attached hydrogen (secondary N) is 1. The van der Waals surface area contributed by atoms with Crippen LogP contribution in [-0.2, 0) is 35.2 Å². The standard InChI is InChI=1S/C21H23ClF3N5O3.C2H6/c22-19-28-16-1-4-30(18(31)20(32)2-5-33-6-3-20)11-15(16)17(29-19)27-10-12-7-13(21(23,24)25)9-14(26)8-12;1-2/h7-9,32H,1-6,10-11,26H2,(H,27,28,29);1-2H3. The van der Waals surface area contributed by atoms with E-state index < -0.39 is 17.3 Å². The number of carbonyl (C=O) groups excluding carboxylic acids is 1. The predicted octanol–water partition coefficient (Wildman–Crippen LogP) is 3.80. The maximum Gasteiger partial charge on any atom is 0.416 e. The molecule has 1 aromatic heterocycles. The van der Waals surface area contributed by atoms with Crippen LogP contribution < -0.4 is 11.1 Å². The number of nitrogen functional groups attached to an aromatic ring is 1. The molecule has 2 aliphatic rings. The maximum atomic E-state index is 13.1. The molecule has 0 saturated carbocycles. The van der Waals surface area contributed by atoms with E-state index in [4.69, 9.17) is 22.1 Å². The molecule has 2 aromatic rings. The van der Waals surface area contributed by atoms with Gasteiger partial charge in [-0.2, -0.15) is 13.2 Å². The summed E-state index contributed by atoms with van der Waals surface area (Å²) in [5.41, 5.74) is 4.87. The molecule has 8 nitrogen and oxygen atoms in total. The molecule has 0 aliphatic carbocycles. The van der Waals surface area contributed by atoms with Crippen LogP contribution >= 0.6 is 11.6 Å². The van der Waals surface area contributed by atoms with Crippen molar-refractivity contribution in [3.8, 4) is 0 Å². The van der Waals surface area contributed by atoms with Crippen LogP contribution in [0, 0.1) is 0 Å². The number of hydrogen-bond donors (Lipinski definition) is 3. The smallest absolute Gasteiger partial charge is 0.399 e. The number of alkyl halides is 3. The first-order valence-electron chi connectivity index (χ1n) is 11.4. The van der Waals surface area contributed by atoms with Crippen LogP contribution in [0.25, 0.3) is 0 Å². The lowest BCUT2D eigenvalue weighted by Crippen LogP contribution is -2.53. The lowest BCUT2D eigenvalue weighted by Gasteiger charge is -2.37. The summed E-state index contributed by atoms with van der Waals surface area (Å²) in [6.07, 6.45) is -3.68. The van der Waals surface area contributed by atoms with Gasteiger partial charge < -0.3 is 25.8 Å². The predicted molar refractivity (Wildman–Crippen MR) is 126 cm³/mol. The molecule has 0 radical (unpaired) electrons. The molecular formula is C23H29ClF3N5O3. The second-order valence-corrected chi connectivity index (χ2v) is 8.54. The Bertz CT molecular complexity index is 1060. The molecule has 35 heavy (non-hydrogen) atoms. The van der Waals surface area contributed by atoms with E-state index in [0.717, 1.165) is 12.1 Å². The number of aliphatic hydroxyl groups is 1. The lowest BCUT2D eigenvalue weighted by atomic mass is 9.91. The Hall–Kier alpha value is -2.63. The van der Waals surface area contributed by atoms with Gasteiger partial charge in [0.2, 0.25) is 5.28 Å². The summed E-state index contributed by atoms with van der Waals surface area (Å²) in [6.45, 7) is 5.10. The van der Waals surface area contributed by atoms with Gasteiger partial charge in [-0.15, -0.1) is 0 Å². The highest BCUT2D eigenvalue weighted by atomic mass is 35.5. The minimum atomic E-state index is -4.52. The monoisotopic (exact) mass is 515 g/mol. The van der Waals surface area contributed by atoms with Gasteiger partial charge in [0.1, 0.15) is 11.4 Å². The number of aromatic nitrogens is 2. The van der Waals surface area contributed by atoms with Crippen molar-refractivity contribution in [1.29, 1.82) is 0 Å². The van der Waals surface area contributed by atoms with E-state index in [1.807, 2.05) is 13.8 Å². The summed E-state index contributed by atoms with van der Waals surface area (Å²) in [4.78, 5) is 23.0. The third-order valence-corrected chi connectivity index (χ3v) is 6.01. The molecule has 0 spiro atoms. The van der Waals surface area contributed by atoms with Crippen molar-refractivity contribution in [1.82, 2.24) is 14.9 Å². The van der Waals surface area contributed by atoms with Gasteiger partial charge in [-0.3, -0.25) is 4.79 Å². The minimum Gasteiger partial charge on any atom is -0.399 e. The first-order valence-corrected chi connectivity index (χ1v) is 11.8. The van der Waals surface area contributed by atoms with E-state index in [2.05, 4.69) is 15.3 Å². The van der Waals surface area contributed by atoms with Crippen LogP contribution in [-0.4, -0.2) is 51.2 Å². The van der Waals surface area contributed by atoms with Crippen molar-refractivity contribution in [3.63, 3.8) is 0 Å². The average molecular weight is 516 g/mol. The molecule has 12 heteroatoms. The third kappa shape index (κ3) is 6.33. The van der Waals surface area contributed by atoms with E-state index in [1.165, 1.54) is 6.07 Å². The summed E-state index contributed by atoms with van der Waals surface area (Å²) in [5.74, 6) is -0.0690. The Balaban J connectivity index is 0.00000167. The normalized spacial score (nSPS) is 17.2. The van der Waals surface area contributed by atoms with Crippen molar-refractivity contribution in [2.24, 2.45) is 0 Å². The molecule has 0 atom stereocenters. The number of rotatable bonds is 4. The Morgan fingerprint density at radius 3 is 2.60 bits per heavy atom. The molecule has 1 saturated heterocycles. The average Bonchev–Trinajstić information content (AvgIpc) is 2.82. The molecule has 4 N–H and O–H groups in total. The Morgan fingerprint density at radius 1 is 1.26 bits per heavy atom. The van der Waals surface area contributed by atoms with Gasteiger partial charge in [0.25, 0.3) is 5.91 Å². The van der Waals surface area contributed by atoms with Gasteiger partial charge in [0.05, 0.1) is 17.8 Å². The number of ether oxygens (including phenoxy) is 1. The Kier molecular flexibility index (Phi) is 8.45. The second kappa shape index (κ2) is 11.0. The van der Waals surface area contributed by atoms with E-state index in [-0.39, 0.29) is 42.8 Å². The van der Waals surface area contributed by atoms with E-state index in [0.29, 0.717) is 48.8 Å². The van der Waals surface area contributed by atoms with Crippen molar-refractivity contribution in [2.75, 3.05) is 30.8 Å². The fourth-order valence-electron chi connectivity index (χ4n) is 4.09. The molecule has 1 fully saturated rings. The van der Waals surface area contributed by atoms with Crippen LogP contribution in [0.1, 0.15) is 49.1 Å². The van der Waals surface area contributed by atoms with Crippen LogP contribution in [0.3, 0.4) is 0 Å². The molecular weight excluding hydrogens is 487 g/mol. The molecule has 1 aromatic carbocycles. The first kappa shape index (κ1) is 27.0. The van der Waals surface area contributed by atoms with Gasteiger partial charge in [-0.1, -0.05) is 13.8 Å². The highest BCUT2D eigenvalue weighted by molar-refractivity contribution is 6.28. The summed E-state index contributed by atoms with van der Waals surface area (Å²) in [5, 5.41) is 13.8. The summed E-state index contributed by atoms with van der Waals surface area (Å²) >= 11 is 6.05. The van der Waals surface area contributed by atoms with Crippen LogP contribution in [0.2, 0.25) is 5.28 Å². The van der Waals surface area contributed by atoms with E-state index >= 15 is 0 Å². The lowest BCUT2D eigenvalue weighted by molar-refractivity contribution is -0.161. The second-order valence-electron chi connectivity index (χ2n) is 8.20. The SMILES string of the molecule is CC.Nc1cc(CNc2nc(Cl)nc3c2CN(C(=O)C2(O)CCOCC2)CC3)cc(C(F)(F)F)c1. The zero-order valence-electron chi connectivity index (χ0n) is 19.6. The Morgan fingerprint density at radius 2 is 1.94 bits per heavy atom. The van der Waals surface area contributed by atoms with Gasteiger partial charge in [-0.25, -0.2) is 9.97 Å². The number of amides is 1. The van der Waals surface area contributed by atoms with Crippen LogP contribution in [0.15, 0.2) is 18.2 Å². The molecule has 2 aliphatic heterocycles. The topological polar surface area (TPSA) is 114 Å². The first-order chi connectivity index (χ1) is 16.5. The number of benzene rings is 1. The fraction of sp³-hybridized carbons (Fsp3) is 0.522. The molecule has 0 bridgehead atoms. The zero-order valence-corrected chi connectivity index (χ0v) is 20.3. The number of nitrogens with two attached hydrogens (primary N) is 1. The van der Waals surface area contributed by atoms with Gasteiger partial charge in [0, 0.05) is 56.8 Å². The molecule has 4 rings (SSSR count). The highest BCUT2D eigenvalue weighted by Gasteiger charge is 2.42. The fourth-order valence-corrected chi connectivity index (χ4v) is 4.28. The van der Waals surface area contributed by atoms with Crippen molar-refractivity contribution < 1.29 is 27.8 Å². The largest absolute Gasteiger partial charge is 0.416 e. The van der Waals surface area contributed by atoms with E-state index in [9.17, 15) is 23.1 Å². The summed E-state index contributed by atoms with van der Waals surface area (Å²) < 4.78 is 44.6. The van der Waals surface area contributed by atoms with Crippen molar-refractivity contribution in [2.45, 2.75) is 58.0 Å². The number of halogens is 4. The summed E-state index contributed by atoms with van der Waals surface area (Å²) in [7, 11) is 0.